The van der Waals surface area contributed by atoms with Crippen molar-refractivity contribution in [3.63, 3.8) is 0 Å². The molecule has 0 aliphatic rings. The molecule has 0 aliphatic heterocycles. The highest BCUT2D eigenvalue weighted by Crippen LogP contribution is 2.24. The van der Waals surface area contributed by atoms with Gasteiger partial charge in [-0.1, -0.05) is 45.4 Å². The predicted octanol–water partition coefficient (Wildman–Crippen LogP) is 3.29. The van der Waals surface area contributed by atoms with Crippen molar-refractivity contribution in [2.24, 2.45) is 11.8 Å². The summed E-state index contributed by atoms with van der Waals surface area (Å²) in [6.45, 7) is 9.69. The van der Waals surface area contributed by atoms with Gasteiger partial charge in [0.25, 0.3) is 0 Å². The van der Waals surface area contributed by atoms with Crippen LogP contribution in [-0.4, -0.2) is 32.7 Å². The number of nitrogens with zero attached hydrogens (tertiary/aromatic N) is 1. The molecule has 0 aromatic heterocycles. The van der Waals surface area contributed by atoms with E-state index in [1.165, 1.54) is 6.07 Å². The summed E-state index contributed by atoms with van der Waals surface area (Å²) in [5.74, 6) is 0.172. The molecule has 24 heavy (non-hydrogen) atoms. The number of benzene rings is 1. The van der Waals surface area contributed by atoms with Crippen LogP contribution in [0.1, 0.15) is 34.6 Å². The number of amides is 1. The van der Waals surface area contributed by atoms with Gasteiger partial charge in [0.05, 0.1) is 11.9 Å². The monoisotopic (exact) mass is 374 g/mol. The van der Waals surface area contributed by atoms with Gasteiger partial charge in [0.15, 0.2) is 0 Å². The lowest BCUT2D eigenvalue weighted by atomic mass is 9.93. The van der Waals surface area contributed by atoms with Crippen LogP contribution < -0.4 is 9.62 Å². The molecule has 0 saturated heterocycles. The summed E-state index contributed by atoms with van der Waals surface area (Å²) in [6.07, 6.45) is 1.08. The highest BCUT2D eigenvalue weighted by Gasteiger charge is 2.31. The molecule has 0 heterocycles. The third-order valence-electron chi connectivity index (χ3n) is 3.90. The van der Waals surface area contributed by atoms with Crippen molar-refractivity contribution in [2.45, 2.75) is 46.7 Å². The molecule has 0 aliphatic carbocycles. The zero-order chi connectivity index (χ0) is 18.7. The second-order valence-corrected chi connectivity index (χ2v) is 9.03. The van der Waals surface area contributed by atoms with Crippen molar-refractivity contribution in [1.29, 1.82) is 0 Å². The summed E-state index contributed by atoms with van der Waals surface area (Å²) < 4.78 is 25.6. The number of halogens is 1. The van der Waals surface area contributed by atoms with Gasteiger partial charge in [0.2, 0.25) is 15.9 Å². The molecule has 1 rings (SSSR count). The third-order valence-corrected chi connectivity index (χ3v) is 5.37. The minimum Gasteiger partial charge on any atom is -0.351 e. The molecule has 0 unspecified atom stereocenters. The lowest BCUT2D eigenvalue weighted by Gasteiger charge is -2.32. The minimum absolute atomic E-state index is 0.0271. The maximum absolute atomic E-state index is 12.7. The van der Waals surface area contributed by atoms with E-state index in [4.69, 9.17) is 11.6 Å². The number of hydrogen-bond acceptors (Lipinski definition) is 3. The number of anilines is 1. The SMILES string of the molecule is CC(C)C(NC(=O)[C@H](C)N(c1cccc(Cl)c1)S(C)(=O)=O)C(C)C. The maximum atomic E-state index is 12.7. The Morgan fingerprint density at radius 3 is 2.08 bits per heavy atom. The average molecular weight is 375 g/mol. The second-order valence-electron chi connectivity index (χ2n) is 6.74. The van der Waals surface area contributed by atoms with Crippen molar-refractivity contribution in [2.75, 3.05) is 10.6 Å². The van der Waals surface area contributed by atoms with E-state index in [-0.39, 0.29) is 23.8 Å². The topological polar surface area (TPSA) is 66.5 Å². The Kier molecular flexibility index (Phi) is 7.10. The first-order valence-electron chi connectivity index (χ1n) is 8.00. The molecule has 1 amide bonds. The molecule has 7 heteroatoms. The molecule has 1 aromatic carbocycles. The summed E-state index contributed by atoms with van der Waals surface area (Å²) in [7, 11) is -3.64. The van der Waals surface area contributed by atoms with Gasteiger partial charge in [0, 0.05) is 11.1 Å². The van der Waals surface area contributed by atoms with Crippen LogP contribution in [0.25, 0.3) is 0 Å². The molecule has 0 bridgehead atoms. The number of rotatable bonds is 7. The zero-order valence-corrected chi connectivity index (χ0v) is 16.6. The molecular weight excluding hydrogens is 348 g/mol. The fraction of sp³-hybridized carbons (Fsp3) is 0.588. The number of carbonyl (C=O) groups excluding carboxylic acids is 1. The molecule has 0 fully saturated rings. The summed E-state index contributed by atoms with van der Waals surface area (Å²) >= 11 is 5.97. The number of hydrogen-bond donors (Lipinski definition) is 1. The van der Waals surface area contributed by atoms with Gasteiger partial charge >= 0.3 is 0 Å². The largest absolute Gasteiger partial charge is 0.351 e. The molecule has 1 atom stereocenters. The van der Waals surface area contributed by atoms with Gasteiger partial charge in [-0.05, 0) is 37.0 Å². The fourth-order valence-corrected chi connectivity index (χ4v) is 4.16. The van der Waals surface area contributed by atoms with Crippen molar-refractivity contribution in [3.8, 4) is 0 Å². The summed E-state index contributed by atoms with van der Waals surface area (Å²) in [5.41, 5.74) is 0.373. The van der Waals surface area contributed by atoms with Crippen LogP contribution in [0.3, 0.4) is 0 Å². The molecule has 136 valence electrons. The van der Waals surface area contributed by atoms with E-state index >= 15 is 0 Å². The maximum Gasteiger partial charge on any atom is 0.243 e. The lowest BCUT2D eigenvalue weighted by molar-refractivity contribution is -0.123. The van der Waals surface area contributed by atoms with Crippen LogP contribution in [0.5, 0.6) is 0 Å². The first kappa shape index (κ1) is 20.8. The summed E-state index contributed by atoms with van der Waals surface area (Å²) in [5, 5.41) is 3.39. The van der Waals surface area contributed by atoms with Gasteiger partial charge in [-0.2, -0.15) is 0 Å². The number of nitrogens with one attached hydrogen (secondary N) is 1. The molecule has 0 radical (unpaired) electrons. The van der Waals surface area contributed by atoms with Crippen LogP contribution >= 0.6 is 11.6 Å². The molecule has 1 aromatic rings. The first-order chi connectivity index (χ1) is 10.9. The third kappa shape index (κ3) is 5.38. The molecular formula is C17H27ClN2O3S. The van der Waals surface area contributed by atoms with Crippen molar-refractivity contribution < 1.29 is 13.2 Å². The van der Waals surface area contributed by atoms with Gasteiger partial charge < -0.3 is 5.32 Å². The molecule has 5 nitrogen and oxygen atoms in total. The zero-order valence-electron chi connectivity index (χ0n) is 15.1. The van der Waals surface area contributed by atoms with Crippen LogP contribution in [0.15, 0.2) is 24.3 Å². The number of carbonyl (C=O) groups is 1. The Bertz CT molecular complexity index is 666. The predicted molar refractivity (Wildman–Crippen MR) is 99.8 cm³/mol. The van der Waals surface area contributed by atoms with Crippen LogP contribution in [-0.2, 0) is 14.8 Å². The summed E-state index contributed by atoms with van der Waals surface area (Å²) in [4.78, 5) is 12.7. The van der Waals surface area contributed by atoms with E-state index in [2.05, 4.69) is 5.32 Å². The minimum atomic E-state index is -3.64. The highest BCUT2D eigenvalue weighted by molar-refractivity contribution is 7.92. The normalized spacial score (nSPS) is 13.4. The van der Waals surface area contributed by atoms with Crippen molar-refractivity contribution in [1.82, 2.24) is 5.32 Å². The molecule has 0 saturated carbocycles. The van der Waals surface area contributed by atoms with Gasteiger partial charge in [-0.25, -0.2) is 8.42 Å². The standard InChI is InChI=1S/C17H27ClN2O3S/c1-11(2)16(12(3)4)19-17(21)13(5)20(24(6,22)23)15-9-7-8-14(18)10-15/h7-13,16H,1-6H3,(H,19,21)/t13-/m0/s1. The lowest BCUT2D eigenvalue weighted by Crippen LogP contribution is -2.52. The Balaban J connectivity index is 3.14. The van der Waals surface area contributed by atoms with Crippen molar-refractivity contribution >= 4 is 33.2 Å². The second kappa shape index (κ2) is 8.21. The van der Waals surface area contributed by atoms with Gasteiger partial charge in [0.1, 0.15) is 6.04 Å². The van der Waals surface area contributed by atoms with Crippen LogP contribution in [0, 0.1) is 11.8 Å². The van der Waals surface area contributed by atoms with Crippen LogP contribution in [0.4, 0.5) is 5.69 Å². The Labute approximate surface area is 150 Å². The Morgan fingerprint density at radius 2 is 1.67 bits per heavy atom. The van der Waals surface area contributed by atoms with E-state index in [0.29, 0.717) is 10.7 Å². The smallest absolute Gasteiger partial charge is 0.243 e. The van der Waals surface area contributed by atoms with E-state index in [1.807, 2.05) is 27.7 Å². The fourth-order valence-electron chi connectivity index (χ4n) is 2.81. The number of sulfonamides is 1. The van der Waals surface area contributed by atoms with E-state index < -0.39 is 16.1 Å². The molecule has 0 spiro atoms. The van der Waals surface area contributed by atoms with Crippen LogP contribution in [0.2, 0.25) is 5.02 Å². The Morgan fingerprint density at radius 1 is 1.12 bits per heavy atom. The average Bonchev–Trinajstić information content (AvgIpc) is 2.42. The Hall–Kier alpha value is -1.27. The van der Waals surface area contributed by atoms with Gasteiger partial charge in [-0.15, -0.1) is 0 Å². The van der Waals surface area contributed by atoms with E-state index in [1.54, 1.807) is 25.1 Å². The van der Waals surface area contributed by atoms with Gasteiger partial charge in [-0.3, -0.25) is 9.10 Å². The summed E-state index contributed by atoms with van der Waals surface area (Å²) in [6, 6.07) is 5.57. The van der Waals surface area contributed by atoms with E-state index in [9.17, 15) is 13.2 Å². The van der Waals surface area contributed by atoms with Crippen molar-refractivity contribution in [3.05, 3.63) is 29.3 Å². The highest BCUT2D eigenvalue weighted by atomic mass is 35.5. The first-order valence-corrected chi connectivity index (χ1v) is 10.2. The molecule has 1 N–H and O–H groups in total. The van der Waals surface area contributed by atoms with E-state index in [0.717, 1.165) is 10.6 Å². The quantitative estimate of drug-likeness (QED) is 0.796.